The summed E-state index contributed by atoms with van der Waals surface area (Å²) in [5.74, 6) is -0.0298. The average Bonchev–Trinajstić information content (AvgIpc) is 2.32. The van der Waals surface area contributed by atoms with Crippen LogP contribution in [0.1, 0.15) is 0 Å². The predicted molar refractivity (Wildman–Crippen MR) is 63.7 cm³/mol. The quantitative estimate of drug-likeness (QED) is 0.411. The van der Waals surface area contributed by atoms with Crippen LogP contribution in [0.3, 0.4) is 0 Å². The molecule has 0 heterocycles. The third-order valence-electron chi connectivity index (χ3n) is 1.74. The Hall–Kier alpha value is -1.60. The van der Waals surface area contributed by atoms with E-state index in [4.69, 9.17) is 9.47 Å². The highest BCUT2D eigenvalue weighted by atomic mass is 32.2. The molecule has 0 aliphatic heterocycles. The highest BCUT2D eigenvalue weighted by Crippen LogP contribution is 2.07. The second kappa shape index (κ2) is 6.97. The molecule has 6 nitrogen and oxygen atoms in total. The predicted octanol–water partition coefficient (Wildman–Crippen LogP) is 0.585. The van der Waals surface area contributed by atoms with Gasteiger partial charge in [-0.15, -0.1) is 0 Å². The summed E-state index contributed by atoms with van der Waals surface area (Å²) in [5, 5.41) is 0. The third kappa shape index (κ3) is 6.87. The Morgan fingerprint density at radius 3 is 2.44 bits per heavy atom. The number of ether oxygens (including phenoxy) is 2. The molecule has 0 spiro atoms. The number of hydrogen-bond acceptors (Lipinski definition) is 6. The van der Waals surface area contributed by atoms with Crippen LogP contribution < -0.4 is 4.74 Å². The third-order valence-corrected chi connectivity index (χ3v) is 2.34. The van der Waals surface area contributed by atoms with Gasteiger partial charge in [-0.25, -0.2) is 4.79 Å². The molecule has 0 fully saturated rings. The van der Waals surface area contributed by atoms with Crippen LogP contribution in [0.25, 0.3) is 0 Å². The van der Waals surface area contributed by atoms with Gasteiger partial charge < -0.3 is 9.47 Å². The molecule has 7 heteroatoms. The van der Waals surface area contributed by atoms with E-state index in [1.54, 1.807) is 24.3 Å². The van der Waals surface area contributed by atoms with Crippen LogP contribution in [0.5, 0.6) is 5.75 Å². The van der Waals surface area contributed by atoms with E-state index >= 15 is 0 Å². The number of benzene rings is 1. The van der Waals surface area contributed by atoms with E-state index in [0.717, 1.165) is 6.26 Å². The molecular formula is C11H14O6S. The lowest BCUT2D eigenvalue weighted by atomic mass is 10.3. The van der Waals surface area contributed by atoms with E-state index in [-0.39, 0.29) is 19.8 Å². The molecule has 1 aromatic carbocycles. The number of carbonyl (C=O) groups excluding carboxylic acids is 1. The molecule has 0 atom stereocenters. The van der Waals surface area contributed by atoms with Gasteiger partial charge in [0, 0.05) is 0 Å². The highest BCUT2D eigenvalue weighted by molar-refractivity contribution is 7.85. The van der Waals surface area contributed by atoms with Gasteiger partial charge in [0.15, 0.2) is 6.61 Å². The summed E-state index contributed by atoms with van der Waals surface area (Å²) < 4.78 is 35.4. The van der Waals surface area contributed by atoms with Crippen molar-refractivity contribution >= 4 is 16.1 Å². The molecule has 18 heavy (non-hydrogen) atoms. The molecule has 0 unspecified atom stereocenters. The van der Waals surface area contributed by atoms with E-state index in [2.05, 4.69) is 4.18 Å². The van der Waals surface area contributed by atoms with Crippen molar-refractivity contribution in [3.8, 4) is 5.75 Å². The maximum Gasteiger partial charge on any atom is 0.344 e. The maximum atomic E-state index is 11.2. The lowest BCUT2D eigenvalue weighted by Crippen LogP contribution is -2.18. The summed E-state index contributed by atoms with van der Waals surface area (Å²) in [6.45, 7) is -0.567. The van der Waals surface area contributed by atoms with Crippen molar-refractivity contribution in [2.45, 2.75) is 0 Å². The molecule has 1 aromatic rings. The van der Waals surface area contributed by atoms with E-state index in [0.29, 0.717) is 5.75 Å². The van der Waals surface area contributed by atoms with Crippen LogP contribution in [0, 0.1) is 0 Å². The second-order valence-corrected chi connectivity index (χ2v) is 4.99. The van der Waals surface area contributed by atoms with Gasteiger partial charge in [-0.05, 0) is 12.1 Å². The van der Waals surface area contributed by atoms with Crippen molar-refractivity contribution in [3.05, 3.63) is 30.3 Å². The molecule has 1 rings (SSSR count). The lowest BCUT2D eigenvalue weighted by molar-refractivity contribution is -0.146. The largest absolute Gasteiger partial charge is 0.482 e. The fourth-order valence-corrected chi connectivity index (χ4v) is 1.41. The second-order valence-electron chi connectivity index (χ2n) is 3.35. The first-order valence-corrected chi connectivity index (χ1v) is 6.97. The van der Waals surface area contributed by atoms with E-state index in [1.165, 1.54) is 0 Å². The molecule has 0 N–H and O–H groups in total. The average molecular weight is 274 g/mol. The minimum Gasteiger partial charge on any atom is -0.482 e. The Morgan fingerprint density at radius 1 is 1.17 bits per heavy atom. The van der Waals surface area contributed by atoms with Crippen molar-refractivity contribution < 1.29 is 26.9 Å². The summed E-state index contributed by atoms with van der Waals surface area (Å²) in [5.41, 5.74) is 0. The van der Waals surface area contributed by atoms with Crippen molar-refractivity contribution in [2.75, 3.05) is 26.1 Å². The standard InChI is InChI=1S/C11H14O6S/c1-18(13,14)17-8-7-15-11(12)9-16-10-5-3-2-4-6-10/h2-6H,7-9H2,1H3. The van der Waals surface area contributed by atoms with Gasteiger partial charge >= 0.3 is 5.97 Å². The van der Waals surface area contributed by atoms with Crippen molar-refractivity contribution in [2.24, 2.45) is 0 Å². The van der Waals surface area contributed by atoms with Crippen LogP contribution in [0.2, 0.25) is 0 Å². The number of carbonyl (C=O) groups is 1. The summed E-state index contributed by atoms with van der Waals surface area (Å²) in [4.78, 5) is 11.2. The molecule has 0 aliphatic rings. The van der Waals surface area contributed by atoms with E-state index in [1.807, 2.05) is 6.07 Å². The Bertz CT molecular complexity index is 468. The zero-order valence-electron chi connectivity index (χ0n) is 9.87. The van der Waals surface area contributed by atoms with Crippen molar-refractivity contribution in [1.82, 2.24) is 0 Å². The Balaban J connectivity index is 2.15. The Labute approximate surface area is 106 Å². The minimum absolute atomic E-state index is 0.135. The molecule has 0 radical (unpaired) electrons. The van der Waals surface area contributed by atoms with Gasteiger partial charge in [-0.2, -0.15) is 8.42 Å². The van der Waals surface area contributed by atoms with E-state index < -0.39 is 16.1 Å². The minimum atomic E-state index is -3.50. The van der Waals surface area contributed by atoms with Crippen LogP contribution in [0.4, 0.5) is 0 Å². The van der Waals surface area contributed by atoms with Gasteiger partial charge in [-0.3, -0.25) is 4.18 Å². The monoisotopic (exact) mass is 274 g/mol. The number of hydrogen-bond donors (Lipinski definition) is 0. The molecule has 100 valence electrons. The van der Waals surface area contributed by atoms with Crippen LogP contribution in [-0.4, -0.2) is 40.5 Å². The lowest BCUT2D eigenvalue weighted by Gasteiger charge is -2.06. The first kappa shape index (κ1) is 14.5. The SMILES string of the molecule is CS(=O)(=O)OCCOC(=O)COc1ccccc1. The van der Waals surface area contributed by atoms with Crippen molar-refractivity contribution in [3.63, 3.8) is 0 Å². The topological polar surface area (TPSA) is 78.9 Å². The summed E-state index contributed by atoms with van der Waals surface area (Å²) in [6.07, 6.45) is 0.924. The van der Waals surface area contributed by atoms with Gasteiger partial charge in [0.05, 0.1) is 6.26 Å². The summed E-state index contributed by atoms with van der Waals surface area (Å²) in [7, 11) is -3.50. The van der Waals surface area contributed by atoms with Crippen LogP contribution in [-0.2, 0) is 23.8 Å². The van der Waals surface area contributed by atoms with E-state index in [9.17, 15) is 13.2 Å². The molecule has 0 aliphatic carbocycles. The van der Waals surface area contributed by atoms with Gasteiger partial charge in [0.2, 0.25) is 0 Å². The zero-order chi connectivity index (χ0) is 13.4. The smallest absolute Gasteiger partial charge is 0.344 e. The molecular weight excluding hydrogens is 260 g/mol. The molecule has 0 saturated heterocycles. The van der Waals surface area contributed by atoms with Gasteiger partial charge in [0.25, 0.3) is 10.1 Å². The summed E-state index contributed by atoms with van der Waals surface area (Å²) in [6, 6.07) is 8.80. The molecule has 0 saturated carbocycles. The molecule has 0 amide bonds. The van der Waals surface area contributed by atoms with Crippen LogP contribution >= 0.6 is 0 Å². The summed E-state index contributed by atoms with van der Waals surface area (Å²) >= 11 is 0. The van der Waals surface area contributed by atoms with Crippen LogP contribution in [0.15, 0.2) is 30.3 Å². The fraction of sp³-hybridized carbons (Fsp3) is 0.364. The Kier molecular flexibility index (Phi) is 5.60. The number of rotatable bonds is 7. The maximum absolute atomic E-state index is 11.2. The van der Waals surface area contributed by atoms with Gasteiger partial charge in [0.1, 0.15) is 19.0 Å². The Morgan fingerprint density at radius 2 is 1.83 bits per heavy atom. The number of para-hydroxylation sites is 1. The van der Waals surface area contributed by atoms with Crippen molar-refractivity contribution in [1.29, 1.82) is 0 Å². The molecule has 0 bridgehead atoms. The fourth-order valence-electron chi connectivity index (χ4n) is 1.04. The van der Waals surface area contributed by atoms with Gasteiger partial charge in [-0.1, -0.05) is 18.2 Å². The first-order valence-electron chi connectivity index (χ1n) is 5.15. The normalized spacial score (nSPS) is 10.9. The highest BCUT2D eigenvalue weighted by Gasteiger charge is 2.06. The zero-order valence-corrected chi connectivity index (χ0v) is 10.7. The number of esters is 1. The molecule has 0 aromatic heterocycles. The first-order chi connectivity index (χ1) is 8.47.